The number of benzene rings is 2. The van der Waals surface area contributed by atoms with Crippen LogP contribution in [0.15, 0.2) is 48.5 Å². The first-order valence-electron chi connectivity index (χ1n) is 9.08. The van der Waals surface area contributed by atoms with Gasteiger partial charge in [0.2, 0.25) is 0 Å². The van der Waals surface area contributed by atoms with Gasteiger partial charge in [0, 0.05) is 18.7 Å². The van der Waals surface area contributed by atoms with Gasteiger partial charge in [0.05, 0.1) is 10.2 Å². The van der Waals surface area contributed by atoms with E-state index in [1.165, 1.54) is 0 Å². The summed E-state index contributed by atoms with van der Waals surface area (Å²) in [5.74, 6) is 0.0104. The van der Waals surface area contributed by atoms with Gasteiger partial charge in [-0.2, -0.15) is 0 Å². The molecular formula is C21H26ClN3OS. The number of hydrogen-bond acceptors (Lipinski definition) is 4. The van der Waals surface area contributed by atoms with E-state index >= 15 is 0 Å². The quantitative estimate of drug-likeness (QED) is 0.556. The van der Waals surface area contributed by atoms with Crippen molar-refractivity contribution in [2.24, 2.45) is 0 Å². The number of amides is 1. The molecule has 0 N–H and O–H groups in total. The van der Waals surface area contributed by atoms with Crippen LogP contribution >= 0.6 is 23.7 Å². The van der Waals surface area contributed by atoms with Crippen LogP contribution in [0, 0.1) is 6.92 Å². The topological polar surface area (TPSA) is 36.4 Å². The van der Waals surface area contributed by atoms with Gasteiger partial charge in [0.15, 0.2) is 5.13 Å². The highest BCUT2D eigenvalue weighted by Crippen LogP contribution is 2.29. The third-order valence-corrected chi connectivity index (χ3v) is 5.65. The fraction of sp³-hybridized carbons (Fsp3) is 0.333. The highest BCUT2D eigenvalue weighted by molar-refractivity contribution is 7.22. The molecule has 0 aliphatic rings. The van der Waals surface area contributed by atoms with Crippen molar-refractivity contribution in [3.63, 3.8) is 0 Å². The number of carbonyl (C=O) groups is 1. The number of rotatable bonds is 7. The minimum absolute atomic E-state index is 0. The molecule has 1 heterocycles. The van der Waals surface area contributed by atoms with Gasteiger partial charge in [-0.05, 0) is 44.3 Å². The zero-order chi connectivity index (χ0) is 18.5. The average molecular weight is 404 g/mol. The third kappa shape index (κ3) is 5.06. The van der Waals surface area contributed by atoms with Crippen LogP contribution in [-0.2, 0) is 0 Å². The second-order valence-corrected chi connectivity index (χ2v) is 7.32. The second kappa shape index (κ2) is 9.83. The molecule has 0 saturated heterocycles. The number of para-hydroxylation sites is 1. The minimum Gasteiger partial charge on any atom is -0.302 e. The molecule has 0 bridgehead atoms. The van der Waals surface area contributed by atoms with Crippen molar-refractivity contribution >= 4 is 45.0 Å². The maximum Gasteiger partial charge on any atom is 0.260 e. The predicted molar refractivity (Wildman–Crippen MR) is 118 cm³/mol. The Bertz CT molecular complexity index is 842. The van der Waals surface area contributed by atoms with Crippen LogP contribution in [0.3, 0.4) is 0 Å². The zero-order valence-electron chi connectivity index (χ0n) is 16.0. The molecule has 0 fully saturated rings. The van der Waals surface area contributed by atoms with Gasteiger partial charge in [-0.1, -0.05) is 55.0 Å². The van der Waals surface area contributed by atoms with E-state index in [2.05, 4.69) is 24.8 Å². The van der Waals surface area contributed by atoms with E-state index in [1.54, 1.807) is 11.3 Å². The number of anilines is 1. The molecular weight excluding hydrogens is 378 g/mol. The van der Waals surface area contributed by atoms with Gasteiger partial charge < -0.3 is 4.90 Å². The van der Waals surface area contributed by atoms with Crippen LogP contribution in [0.2, 0.25) is 0 Å². The Morgan fingerprint density at radius 3 is 2.30 bits per heavy atom. The van der Waals surface area contributed by atoms with Crippen LogP contribution in [0.5, 0.6) is 0 Å². The van der Waals surface area contributed by atoms with Gasteiger partial charge >= 0.3 is 0 Å². The molecule has 6 heteroatoms. The van der Waals surface area contributed by atoms with Crippen molar-refractivity contribution in [2.75, 3.05) is 31.1 Å². The molecule has 0 spiro atoms. The van der Waals surface area contributed by atoms with E-state index in [4.69, 9.17) is 4.98 Å². The Morgan fingerprint density at radius 1 is 1.00 bits per heavy atom. The SMILES string of the molecule is CCN(CC)CCN(C(=O)c1ccc(C)cc1)c1nc2ccccc2s1.Cl. The summed E-state index contributed by atoms with van der Waals surface area (Å²) in [7, 11) is 0. The fourth-order valence-electron chi connectivity index (χ4n) is 2.89. The molecule has 0 radical (unpaired) electrons. The number of aryl methyl sites for hydroxylation is 1. The number of fused-ring (bicyclic) bond motifs is 1. The number of halogens is 1. The molecule has 144 valence electrons. The predicted octanol–water partition coefficient (Wildman–Crippen LogP) is 5.02. The number of likely N-dealkylation sites (N-methyl/N-ethyl adjacent to an activating group) is 1. The second-order valence-electron chi connectivity index (χ2n) is 6.31. The summed E-state index contributed by atoms with van der Waals surface area (Å²) >= 11 is 1.57. The average Bonchev–Trinajstić information content (AvgIpc) is 3.09. The van der Waals surface area contributed by atoms with Crippen molar-refractivity contribution in [2.45, 2.75) is 20.8 Å². The van der Waals surface area contributed by atoms with E-state index in [-0.39, 0.29) is 18.3 Å². The van der Waals surface area contributed by atoms with Gasteiger partial charge in [-0.3, -0.25) is 9.69 Å². The summed E-state index contributed by atoms with van der Waals surface area (Å²) in [6.07, 6.45) is 0. The molecule has 3 rings (SSSR count). The normalized spacial score (nSPS) is 10.8. The van der Waals surface area contributed by atoms with Crippen LogP contribution in [-0.4, -0.2) is 42.0 Å². The Kier molecular flexibility index (Phi) is 7.78. The Hall–Kier alpha value is -1.95. The maximum absolute atomic E-state index is 13.2. The smallest absolute Gasteiger partial charge is 0.260 e. The molecule has 0 saturated carbocycles. The monoisotopic (exact) mass is 403 g/mol. The van der Waals surface area contributed by atoms with E-state index in [0.29, 0.717) is 12.1 Å². The van der Waals surface area contributed by atoms with Crippen molar-refractivity contribution in [1.82, 2.24) is 9.88 Å². The van der Waals surface area contributed by atoms with Crippen LogP contribution in [0.4, 0.5) is 5.13 Å². The molecule has 1 aromatic heterocycles. The number of nitrogens with zero attached hydrogens (tertiary/aromatic N) is 3. The first kappa shape index (κ1) is 21.4. The number of aromatic nitrogens is 1. The standard InChI is InChI=1S/C21H25N3OS.ClH/c1-4-23(5-2)14-15-24(20(25)17-12-10-16(3)11-13-17)21-22-18-8-6-7-9-19(18)26-21;/h6-13H,4-5,14-15H2,1-3H3;1H. The third-order valence-electron chi connectivity index (χ3n) is 4.59. The molecule has 4 nitrogen and oxygen atoms in total. The summed E-state index contributed by atoms with van der Waals surface area (Å²) in [5.41, 5.74) is 2.79. The largest absolute Gasteiger partial charge is 0.302 e. The van der Waals surface area contributed by atoms with Gasteiger partial charge in [0.25, 0.3) is 5.91 Å². The molecule has 0 unspecified atom stereocenters. The van der Waals surface area contributed by atoms with Crippen LogP contribution in [0.1, 0.15) is 29.8 Å². The lowest BCUT2D eigenvalue weighted by atomic mass is 10.1. The summed E-state index contributed by atoms with van der Waals surface area (Å²) in [6.45, 7) is 9.74. The molecule has 0 aliphatic carbocycles. The van der Waals surface area contributed by atoms with E-state index < -0.39 is 0 Å². The van der Waals surface area contributed by atoms with E-state index in [1.807, 2.05) is 54.3 Å². The lowest BCUT2D eigenvalue weighted by Crippen LogP contribution is -2.38. The highest BCUT2D eigenvalue weighted by Gasteiger charge is 2.21. The first-order valence-corrected chi connectivity index (χ1v) is 9.90. The zero-order valence-corrected chi connectivity index (χ0v) is 17.6. The molecule has 27 heavy (non-hydrogen) atoms. The summed E-state index contributed by atoms with van der Waals surface area (Å²) in [5, 5.41) is 0.768. The maximum atomic E-state index is 13.2. The van der Waals surface area contributed by atoms with Crippen LogP contribution < -0.4 is 4.90 Å². The summed E-state index contributed by atoms with van der Waals surface area (Å²) < 4.78 is 1.10. The first-order chi connectivity index (χ1) is 12.6. The fourth-order valence-corrected chi connectivity index (χ4v) is 3.88. The van der Waals surface area contributed by atoms with Gasteiger partial charge in [0.1, 0.15) is 0 Å². The summed E-state index contributed by atoms with van der Waals surface area (Å²) in [6, 6.07) is 15.8. The number of hydrogen-bond donors (Lipinski definition) is 0. The Balaban J connectivity index is 0.00000261. The molecule has 0 atom stereocenters. The van der Waals surface area contributed by atoms with Gasteiger partial charge in [-0.15, -0.1) is 12.4 Å². The minimum atomic E-state index is 0. The molecule has 2 aromatic carbocycles. The van der Waals surface area contributed by atoms with Crippen LogP contribution in [0.25, 0.3) is 10.2 Å². The number of thiazole rings is 1. The van der Waals surface area contributed by atoms with Crippen molar-refractivity contribution < 1.29 is 4.79 Å². The summed E-state index contributed by atoms with van der Waals surface area (Å²) in [4.78, 5) is 22.1. The number of carbonyl (C=O) groups excluding carboxylic acids is 1. The Labute approximate surface area is 171 Å². The van der Waals surface area contributed by atoms with Crippen molar-refractivity contribution in [3.05, 3.63) is 59.7 Å². The lowest BCUT2D eigenvalue weighted by molar-refractivity contribution is 0.0984. The van der Waals surface area contributed by atoms with Crippen molar-refractivity contribution in [1.29, 1.82) is 0 Å². The highest BCUT2D eigenvalue weighted by atomic mass is 35.5. The lowest BCUT2D eigenvalue weighted by Gasteiger charge is -2.24. The van der Waals surface area contributed by atoms with Gasteiger partial charge in [-0.25, -0.2) is 4.98 Å². The van der Waals surface area contributed by atoms with E-state index in [0.717, 1.165) is 40.5 Å². The molecule has 0 aliphatic heterocycles. The van der Waals surface area contributed by atoms with Crippen molar-refractivity contribution in [3.8, 4) is 0 Å². The molecule has 3 aromatic rings. The van der Waals surface area contributed by atoms with E-state index in [9.17, 15) is 4.79 Å². The molecule has 1 amide bonds. The Morgan fingerprint density at radius 2 is 1.67 bits per heavy atom.